The van der Waals surface area contributed by atoms with Crippen molar-refractivity contribution in [1.29, 1.82) is 0 Å². The van der Waals surface area contributed by atoms with E-state index in [0.29, 0.717) is 10.7 Å². The minimum Gasteiger partial charge on any atom is -0.483 e. The van der Waals surface area contributed by atoms with Gasteiger partial charge < -0.3 is 15.8 Å². The number of halogens is 1. The summed E-state index contributed by atoms with van der Waals surface area (Å²) in [5, 5.41) is 3.11. The number of carbonyl (C=O) groups is 2. The van der Waals surface area contributed by atoms with Gasteiger partial charge in [-0.2, -0.15) is 0 Å². The Labute approximate surface area is 161 Å². The highest BCUT2D eigenvalue weighted by Crippen LogP contribution is 2.23. The molecule has 0 heterocycles. The van der Waals surface area contributed by atoms with Crippen molar-refractivity contribution in [2.45, 2.75) is 0 Å². The summed E-state index contributed by atoms with van der Waals surface area (Å²) in [6.45, 7) is -0.262. The summed E-state index contributed by atoms with van der Waals surface area (Å²) in [6, 6.07) is 21.9. The molecule has 0 saturated carbocycles. The molecule has 3 aromatic carbocycles. The van der Waals surface area contributed by atoms with Crippen molar-refractivity contribution in [3.05, 3.63) is 83.4 Å². The van der Waals surface area contributed by atoms with Crippen LogP contribution in [0.3, 0.4) is 0 Å². The van der Waals surface area contributed by atoms with Crippen LogP contribution in [0.5, 0.6) is 5.75 Å². The standard InChI is InChI=1S/C21H17ClN2O3/c22-16-8-11-19(18(12-16)21(23)26)27-13-20(25)24-17-9-6-15(7-10-17)14-4-2-1-3-5-14/h1-12H,13H2,(H2,23,26)(H,24,25). The number of hydrogen-bond acceptors (Lipinski definition) is 3. The first kappa shape index (κ1) is 18.5. The van der Waals surface area contributed by atoms with Crippen LogP contribution in [0.1, 0.15) is 10.4 Å². The van der Waals surface area contributed by atoms with Crippen LogP contribution in [0.2, 0.25) is 5.02 Å². The number of hydrogen-bond donors (Lipinski definition) is 2. The van der Waals surface area contributed by atoms with Crippen LogP contribution in [0.25, 0.3) is 11.1 Å². The molecule has 27 heavy (non-hydrogen) atoms. The zero-order valence-electron chi connectivity index (χ0n) is 14.3. The summed E-state index contributed by atoms with van der Waals surface area (Å²) < 4.78 is 5.41. The van der Waals surface area contributed by atoms with E-state index in [2.05, 4.69) is 5.32 Å². The first-order valence-corrected chi connectivity index (χ1v) is 8.58. The molecule has 2 amide bonds. The van der Waals surface area contributed by atoms with Gasteiger partial charge in [0.1, 0.15) is 5.75 Å². The van der Waals surface area contributed by atoms with Crippen LogP contribution < -0.4 is 15.8 Å². The Morgan fingerprint density at radius 3 is 2.26 bits per heavy atom. The van der Waals surface area contributed by atoms with Gasteiger partial charge in [-0.1, -0.05) is 54.1 Å². The fourth-order valence-corrected chi connectivity index (χ4v) is 2.71. The van der Waals surface area contributed by atoms with Crippen LogP contribution in [0.4, 0.5) is 5.69 Å². The lowest BCUT2D eigenvalue weighted by Crippen LogP contribution is -2.21. The summed E-state index contributed by atoms with van der Waals surface area (Å²) in [4.78, 5) is 23.6. The summed E-state index contributed by atoms with van der Waals surface area (Å²) in [6.07, 6.45) is 0. The van der Waals surface area contributed by atoms with Gasteiger partial charge in [0.2, 0.25) is 0 Å². The Bertz CT molecular complexity index is 957. The van der Waals surface area contributed by atoms with Crippen LogP contribution in [0.15, 0.2) is 72.8 Å². The summed E-state index contributed by atoms with van der Waals surface area (Å²) in [5.41, 5.74) is 8.22. The molecule has 0 aliphatic heterocycles. The zero-order chi connectivity index (χ0) is 19.2. The lowest BCUT2D eigenvalue weighted by Gasteiger charge is -2.11. The van der Waals surface area contributed by atoms with Gasteiger partial charge in [0.05, 0.1) is 5.56 Å². The Morgan fingerprint density at radius 2 is 1.59 bits per heavy atom. The van der Waals surface area contributed by atoms with Gasteiger partial charge in [0, 0.05) is 10.7 Å². The van der Waals surface area contributed by atoms with Crippen molar-refractivity contribution < 1.29 is 14.3 Å². The topological polar surface area (TPSA) is 81.4 Å². The van der Waals surface area contributed by atoms with Crippen molar-refractivity contribution >= 4 is 29.1 Å². The number of primary amides is 1. The molecule has 0 spiro atoms. The van der Waals surface area contributed by atoms with E-state index in [4.69, 9.17) is 22.1 Å². The molecule has 136 valence electrons. The van der Waals surface area contributed by atoms with Crippen LogP contribution in [0, 0.1) is 0 Å². The molecule has 0 aliphatic carbocycles. The van der Waals surface area contributed by atoms with Crippen molar-refractivity contribution in [1.82, 2.24) is 0 Å². The average Bonchev–Trinajstić information content (AvgIpc) is 2.68. The molecule has 0 bridgehead atoms. The van der Waals surface area contributed by atoms with Crippen molar-refractivity contribution in [2.24, 2.45) is 5.73 Å². The molecular formula is C21H17ClN2O3. The normalized spacial score (nSPS) is 10.3. The van der Waals surface area contributed by atoms with Gasteiger partial charge in [0.25, 0.3) is 11.8 Å². The van der Waals surface area contributed by atoms with E-state index in [9.17, 15) is 9.59 Å². The van der Waals surface area contributed by atoms with E-state index in [1.54, 1.807) is 6.07 Å². The fourth-order valence-electron chi connectivity index (χ4n) is 2.54. The van der Waals surface area contributed by atoms with Crippen LogP contribution in [-0.2, 0) is 4.79 Å². The second kappa shape index (κ2) is 8.38. The van der Waals surface area contributed by atoms with E-state index in [1.807, 2.05) is 54.6 Å². The molecule has 5 nitrogen and oxygen atoms in total. The smallest absolute Gasteiger partial charge is 0.262 e. The number of rotatable bonds is 6. The Morgan fingerprint density at radius 1 is 0.926 bits per heavy atom. The highest BCUT2D eigenvalue weighted by Gasteiger charge is 2.12. The van der Waals surface area contributed by atoms with E-state index in [0.717, 1.165) is 11.1 Å². The molecule has 3 rings (SSSR count). The first-order valence-electron chi connectivity index (χ1n) is 8.20. The zero-order valence-corrected chi connectivity index (χ0v) is 15.1. The number of benzene rings is 3. The molecular weight excluding hydrogens is 364 g/mol. The SMILES string of the molecule is NC(=O)c1cc(Cl)ccc1OCC(=O)Nc1ccc(-c2ccccc2)cc1. The Kier molecular flexibility index (Phi) is 5.74. The molecule has 0 fully saturated rings. The van der Waals surface area contributed by atoms with Crippen molar-refractivity contribution in [2.75, 3.05) is 11.9 Å². The van der Waals surface area contributed by atoms with Crippen LogP contribution >= 0.6 is 11.6 Å². The number of carbonyl (C=O) groups excluding carboxylic acids is 2. The predicted molar refractivity (Wildman–Crippen MR) is 106 cm³/mol. The van der Waals surface area contributed by atoms with Gasteiger partial charge in [-0.3, -0.25) is 9.59 Å². The molecule has 0 aliphatic rings. The Balaban J connectivity index is 1.61. The summed E-state index contributed by atoms with van der Waals surface area (Å²) in [7, 11) is 0. The molecule has 3 N–H and O–H groups in total. The highest BCUT2D eigenvalue weighted by atomic mass is 35.5. The third kappa shape index (κ3) is 4.86. The molecule has 0 atom stereocenters. The summed E-state index contributed by atoms with van der Waals surface area (Å²) in [5.74, 6) is -0.821. The third-order valence-corrected chi connectivity index (χ3v) is 4.08. The fraction of sp³-hybridized carbons (Fsp3) is 0.0476. The number of ether oxygens (including phenoxy) is 1. The lowest BCUT2D eigenvalue weighted by molar-refractivity contribution is -0.118. The second-order valence-electron chi connectivity index (χ2n) is 5.78. The predicted octanol–water partition coefficient (Wildman–Crippen LogP) is 4.12. The third-order valence-electron chi connectivity index (χ3n) is 3.84. The molecule has 0 aromatic heterocycles. The largest absolute Gasteiger partial charge is 0.483 e. The van der Waals surface area contributed by atoms with Gasteiger partial charge in [-0.25, -0.2) is 0 Å². The maximum Gasteiger partial charge on any atom is 0.262 e. The number of nitrogens with two attached hydrogens (primary N) is 1. The monoisotopic (exact) mass is 380 g/mol. The molecule has 0 unspecified atom stereocenters. The van der Waals surface area contributed by atoms with Crippen LogP contribution in [-0.4, -0.2) is 18.4 Å². The lowest BCUT2D eigenvalue weighted by atomic mass is 10.1. The van der Waals surface area contributed by atoms with E-state index in [1.165, 1.54) is 12.1 Å². The number of anilines is 1. The summed E-state index contributed by atoms with van der Waals surface area (Å²) >= 11 is 5.85. The Hall–Kier alpha value is -3.31. The maximum atomic E-state index is 12.1. The molecule has 6 heteroatoms. The average molecular weight is 381 g/mol. The van der Waals surface area contributed by atoms with Gasteiger partial charge in [0.15, 0.2) is 6.61 Å². The minimum absolute atomic E-state index is 0.127. The maximum absolute atomic E-state index is 12.1. The molecule has 0 saturated heterocycles. The van der Waals surface area contributed by atoms with E-state index in [-0.39, 0.29) is 23.8 Å². The molecule has 3 aromatic rings. The van der Waals surface area contributed by atoms with Crippen molar-refractivity contribution in [3.63, 3.8) is 0 Å². The second-order valence-corrected chi connectivity index (χ2v) is 6.22. The van der Waals surface area contributed by atoms with Gasteiger partial charge in [-0.05, 0) is 41.5 Å². The minimum atomic E-state index is -0.676. The number of amides is 2. The number of nitrogens with one attached hydrogen (secondary N) is 1. The van der Waals surface area contributed by atoms with Gasteiger partial charge in [-0.15, -0.1) is 0 Å². The van der Waals surface area contributed by atoms with E-state index < -0.39 is 5.91 Å². The van der Waals surface area contributed by atoms with E-state index >= 15 is 0 Å². The molecule has 0 radical (unpaired) electrons. The van der Waals surface area contributed by atoms with Gasteiger partial charge >= 0.3 is 0 Å². The first-order chi connectivity index (χ1) is 13.0. The van der Waals surface area contributed by atoms with Crippen molar-refractivity contribution in [3.8, 4) is 16.9 Å². The highest BCUT2D eigenvalue weighted by molar-refractivity contribution is 6.31. The quantitative estimate of drug-likeness (QED) is 0.674.